The van der Waals surface area contributed by atoms with Gasteiger partial charge in [-0.1, -0.05) is 24.3 Å². The standard InChI is InChI=1S/C19H18F2N2O2/c20-16-6-2-14(3-7-16)19(15-4-8-17(21)9-5-15)25-13-18(24)12-23-11-1-10-22-23/h1-11,18-19,24H,12-13H2/t18-/m1/s1. The van der Waals surface area contributed by atoms with E-state index in [1.807, 2.05) is 0 Å². The third kappa shape index (κ3) is 4.71. The lowest BCUT2D eigenvalue weighted by Gasteiger charge is -2.21. The van der Waals surface area contributed by atoms with Gasteiger partial charge in [0.05, 0.1) is 19.3 Å². The number of aliphatic hydroxyl groups is 1. The number of aliphatic hydroxyl groups excluding tert-OH is 1. The third-order valence-electron chi connectivity index (χ3n) is 3.76. The van der Waals surface area contributed by atoms with E-state index in [4.69, 9.17) is 4.74 Å². The van der Waals surface area contributed by atoms with Crippen LogP contribution in [-0.4, -0.2) is 27.6 Å². The molecule has 1 heterocycles. The zero-order valence-electron chi connectivity index (χ0n) is 13.4. The van der Waals surface area contributed by atoms with Gasteiger partial charge >= 0.3 is 0 Å². The van der Waals surface area contributed by atoms with Gasteiger partial charge in [-0.05, 0) is 41.5 Å². The Morgan fingerprint density at radius 2 is 1.52 bits per heavy atom. The van der Waals surface area contributed by atoms with Crippen LogP contribution in [0, 0.1) is 11.6 Å². The van der Waals surface area contributed by atoms with Gasteiger partial charge in [0.25, 0.3) is 0 Å². The summed E-state index contributed by atoms with van der Waals surface area (Å²) in [5.74, 6) is -0.694. The molecule has 3 aromatic rings. The number of rotatable bonds is 7. The second-order valence-electron chi connectivity index (χ2n) is 5.70. The van der Waals surface area contributed by atoms with Crippen molar-refractivity contribution in [2.24, 2.45) is 0 Å². The highest BCUT2D eigenvalue weighted by atomic mass is 19.1. The van der Waals surface area contributed by atoms with Gasteiger partial charge in [-0.3, -0.25) is 4.68 Å². The molecule has 3 rings (SSSR count). The Kier molecular flexibility index (Phi) is 5.53. The van der Waals surface area contributed by atoms with E-state index >= 15 is 0 Å². The average molecular weight is 344 g/mol. The molecule has 0 radical (unpaired) electrons. The first-order valence-corrected chi connectivity index (χ1v) is 7.90. The highest BCUT2D eigenvalue weighted by Crippen LogP contribution is 2.26. The van der Waals surface area contributed by atoms with Crippen LogP contribution in [0.2, 0.25) is 0 Å². The minimum atomic E-state index is -0.761. The first-order valence-electron chi connectivity index (χ1n) is 7.90. The Balaban J connectivity index is 1.74. The largest absolute Gasteiger partial charge is 0.389 e. The van der Waals surface area contributed by atoms with Crippen molar-refractivity contribution in [2.45, 2.75) is 18.8 Å². The number of benzene rings is 2. The summed E-state index contributed by atoms with van der Waals surface area (Å²) in [6.07, 6.45) is 2.09. The van der Waals surface area contributed by atoms with Crippen molar-refractivity contribution in [2.75, 3.05) is 6.61 Å². The van der Waals surface area contributed by atoms with Gasteiger partial charge in [-0.15, -0.1) is 0 Å². The lowest BCUT2D eigenvalue weighted by atomic mass is 10.0. The summed E-state index contributed by atoms with van der Waals surface area (Å²) in [7, 11) is 0. The summed E-state index contributed by atoms with van der Waals surface area (Å²) in [5.41, 5.74) is 1.44. The fourth-order valence-electron chi connectivity index (χ4n) is 2.54. The molecule has 0 aliphatic heterocycles. The molecule has 0 fully saturated rings. The SMILES string of the molecule is O[C@@H](COC(c1ccc(F)cc1)c1ccc(F)cc1)Cn1cccn1. The molecular weight excluding hydrogens is 326 g/mol. The van der Waals surface area contributed by atoms with Crippen LogP contribution < -0.4 is 0 Å². The highest BCUT2D eigenvalue weighted by molar-refractivity contribution is 5.30. The van der Waals surface area contributed by atoms with Crippen LogP contribution in [0.15, 0.2) is 67.0 Å². The first kappa shape index (κ1) is 17.3. The number of hydrogen-bond acceptors (Lipinski definition) is 3. The van der Waals surface area contributed by atoms with E-state index in [-0.39, 0.29) is 18.2 Å². The van der Waals surface area contributed by atoms with Crippen LogP contribution in [0.3, 0.4) is 0 Å². The summed E-state index contributed by atoms with van der Waals surface area (Å²) in [4.78, 5) is 0. The molecule has 0 aliphatic carbocycles. The van der Waals surface area contributed by atoms with E-state index in [0.29, 0.717) is 6.54 Å². The topological polar surface area (TPSA) is 47.3 Å². The number of aromatic nitrogens is 2. The van der Waals surface area contributed by atoms with Gasteiger partial charge in [0.2, 0.25) is 0 Å². The second-order valence-corrected chi connectivity index (χ2v) is 5.70. The van der Waals surface area contributed by atoms with Crippen molar-refractivity contribution in [3.05, 3.63) is 89.8 Å². The van der Waals surface area contributed by atoms with Crippen molar-refractivity contribution in [3.63, 3.8) is 0 Å². The molecular formula is C19H18F2N2O2. The quantitative estimate of drug-likeness (QED) is 0.715. The summed E-state index contributed by atoms with van der Waals surface area (Å²) in [6, 6.07) is 13.6. The normalized spacial score (nSPS) is 12.5. The van der Waals surface area contributed by atoms with Crippen molar-refractivity contribution < 1.29 is 18.6 Å². The first-order chi connectivity index (χ1) is 12.1. The summed E-state index contributed by atoms with van der Waals surface area (Å²) < 4.78 is 33.9. The van der Waals surface area contributed by atoms with E-state index in [0.717, 1.165) is 11.1 Å². The fraction of sp³-hybridized carbons (Fsp3) is 0.211. The van der Waals surface area contributed by atoms with Crippen LogP contribution in [0.5, 0.6) is 0 Å². The Morgan fingerprint density at radius 3 is 2.00 bits per heavy atom. The molecule has 130 valence electrons. The molecule has 4 nitrogen and oxygen atoms in total. The minimum absolute atomic E-state index is 0.0548. The maximum absolute atomic E-state index is 13.2. The Bertz CT molecular complexity index is 729. The molecule has 0 saturated carbocycles. The third-order valence-corrected chi connectivity index (χ3v) is 3.76. The van der Waals surface area contributed by atoms with Gasteiger partial charge in [-0.25, -0.2) is 8.78 Å². The number of ether oxygens (including phenoxy) is 1. The molecule has 0 amide bonds. The Labute approximate surface area is 144 Å². The predicted molar refractivity (Wildman–Crippen MR) is 88.8 cm³/mol. The predicted octanol–water partition coefficient (Wildman–Crippen LogP) is 3.33. The molecule has 0 bridgehead atoms. The highest BCUT2D eigenvalue weighted by Gasteiger charge is 2.17. The number of nitrogens with zero attached hydrogens (tertiary/aromatic N) is 2. The van der Waals surface area contributed by atoms with Crippen molar-refractivity contribution in [3.8, 4) is 0 Å². The van der Waals surface area contributed by atoms with Crippen LogP contribution >= 0.6 is 0 Å². The second kappa shape index (κ2) is 8.00. The molecule has 6 heteroatoms. The van der Waals surface area contributed by atoms with Crippen molar-refractivity contribution in [1.82, 2.24) is 9.78 Å². The molecule has 2 aromatic carbocycles. The van der Waals surface area contributed by atoms with Crippen molar-refractivity contribution in [1.29, 1.82) is 0 Å². The van der Waals surface area contributed by atoms with Gasteiger partial charge in [-0.2, -0.15) is 5.10 Å². The van der Waals surface area contributed by atoms with Crippen LogP contribution in [-0.2, 0) is 11.3 Å². The van der Waals surface area contributed by atoms with E-state index < -0.39 is 12.2 Å². The van der Waals surface area contributed by atoms with Crippen molar-refractivity contribution >= 4 is 0 Å². The zero-order valence-corrected chi connectivity index (χ0v) is 13.4. The number of hydrogen-bond donors (Lipinski definition) is 1. The van der Waals surface area contributed by atoms with Crippen LogP contribution in [0.4, 0.5) is 8.78 Å². The molecule has 1 N–H and O–H groups in total. The summed E-state index contributed by atoms with van der Waals surface area (Å²) >= 11 is 0. The zero-order chi connectivity index (χ0) is 17.6. The smallest absolute Gasteiger partial charge is 0.123 e. The van der Waals surface area contributed by atoms with E-state index in [2.05, 4.69) is 5.10 Å². The molecule has 25 heavy (non-hydrogen) atoms. The molecule has 1 atom stereocenters. The lowest BCUT2D eigenvalue weighted by Crippen LogP contribution is -2.24. The maximum Gasteiger partial charge on any atom is 0.123 e. The Morgan fingerprint density at radius 1 is 0.960 bits per heavy atom. The molecule has 0 aliphatic rings. The average Bonchev–Trinajstić information content (AvgIpc) is 3.11. The van der Waals surface area contributed by atoms with Gasteiger partial charge in [0.15, 0.2) is 0 Å². The summed E-state index contributed by atoms with van der Waals surface area (Å²) in [5, 5.41) is 14.2. The molecule has 0 spiro atoms. The van der Waals surface area contributed by atoms with Gasteiger partial charge in [0.1, 0.15) is 17.7 Å². The Hall–Kier alpha value is -2.57. The monoisotopic (exact) mass is 344 g/mol. The maximum atomic E-state index is 13.2. The lowest BCUT2D eigenvalue weighted by molar-refractivity contribution is -0.00193. The van der Waals surface area contributed by atoms with E-state index in [9.17, 15) is 13.9 Å². The van der Waals surface area contributed by atoms with Crippen LogP contribution in [0.25, 0.3) is 0 Å². The van der Waals surface area contributed by atoms with Gasteiger partial charge in [0, 0.05) is 12.4 Å². The fourth-order valence-corrected chi connectivity index (χ4v) is 2.54. The molecule has 0 saturated heterocycles. The van der Waals surface area contributed by atoms with Gasteiger partial charge < -0.3 is 9.84 Å². The molecule has 0 unspecified atom stereocenters. The molecule has 1 aromatic heterocycles. The number of halogens is 2. The van der Waals surface area contributed by atoms with E-state index in [1.54, 1.807) is 47.4 Å². The van der Waals surface area contributed by atoms with Crippen LogP contribution in [0.1, 0.15) is 17.2 Å². The van der Waals surface area contributed by atoms with E-state index in [1.165, 1.54) is 24.3 Å². The minimum Gasteiger partial charge on any atom is -0.389 e. The summed E-state index contributed by atoms with van der Waals surface area (Å²) in [6.45, 7) is 0.353.